The molecule has 4 aromatic rings. The highest BCUT2D eigenvalue weighted by Gasteiger charge is 2.58. The van der Waals surface area contributed by atoms with E-state index in [1.807, 2.05) is 109 Å². The number of rotatable bonds is 15. The second kappa shape index (κ2) is 15.8. The molecule has 0 radical (unpaired) electrons. The summed E-state index contributed by atoms with van der Waals surface area (Å²) in [4.78, 5) is 12.5. The first-order valence-electron chi connectivity index (χ1n) is 14.6. The lowest BCUT2D eigenvalue weighted by Crippen LogP contribution is -2.48. The molecular formula is C36H38O6S. The lowest BCUT2D eigenvalue weighted by Gasteiger charge is -2.34. The van der Waals surface area contributed by atoms with Crippen molar-refractivity contribution >= 4 is 17.7 Å². The Morgan fingerprint density at radius 3 is 1.79 bits per heavy atom. The predicted molar refractivity (Wildman–Crippen MR) is 169 cm³/mol. The lowest BCUT2D eigenvalue weighted by molar-refractivity contribution is -0.0935. The first kappa shape index (κ1) is 31.0. The highest BCUT2D eigenvalue weighted by Crippen LogP contribution is 2.44. The Balaban J connectivity index is 1.42. The Morgan fingerprint density at radius 1 is 0.721 bits per heavy atom. The molecule has 6 nitrogen and oxygen atoms in total. The topological polar surface area (TPSA) is 63.2 Å². The quantitative estimate of drug-likeness (QED) is 0.136. The minimum atomic E-state index is -1.00. The van der Waals surface area contributed by atoms with E-state index in [1.54, 1.807) is 23.9 Å². The van der Waals surface area contributed by atoms with Crippen molar-refractivity contribution in [2.75, 3.05) is 19.0 Å². The summed E-state index contributed by atoms with van der Waals surface area (Å²) in [6.45, 7) is 3.69. The zero-order valence-electron chi connectivity index (χ0n) is 24.4. The molecule has 0 bridgehead atoms. The molecule has 1 heterocycles. The van der Waals surface area contributed by atoms with Crippen LogP contribution in [0.5, 0.6) is 0 Å². The van der Waals surface area contributed by atoms with Gasteiger partial charge in [0.15, 0.2) is 11.0 Å². The van der Waals surface area contributed by atoms with Crippen molar-refractivity contribution in [2.45, 2.75) is 50.0 Å². The molecule has 0 spiro atoms. The third-order valence-corrected chi connectivity index (χ3v) is 8.40. The van der Waals surface area contributed by atoms with Crippen molar-refractivity contribution in [3.8, 4) is 0 Å². The van der Waals surface area contributed by atoms with Gasteiger partial charge >= 0.3 is 5.97 Å². The Labute approximate surface area is 258 Å². The maximum Gasteiger partial charge on any atom is 0.338 e. The van der Waals surface area contributed by atoms with Crippen LogP contribution in [0.1, 0.15) is 34.0 Å². The molecule has 0 unspecified atom stereocenters. The van der Waals surface area contributed by atoms with Gasteiger partial charge in [-0.25, -0.2) is 4.79 Å². The maximum atomic E-state index is 13.5. The van der Waals surface area contributed by atoms with Crippen LogP contribution in [0.3, 0.4) is 0 Å². The van der Waals surface area contributed by atoms with Gasteiger partial charge in [0.05, 0.1) is 38.6 Å². The summed E-state index contributed by atoms with van der Waals surface area (Å²) in [5, 5.41) is 0. The van der Waals surface area contributed by atoms with Crippen LogP contribution in [0.25, 0.3) is 0 Å². The van der Waals surface area contributed by atoms with E-state index in [0.29, 0.717) is 25.4 Å². The minimum Gasteiger partial charge on any atom is -0.452 e. The summed E-state index contributed by atoms with van der Waals surface area (Å²) in [6, 6.07) is 39.0. The summed E-state index contributed by atoms with van der Waals surface area (Å²) < 4.78 is 32.2. The van der Waals surface area contributed by atoms with Gasteiger partial charge in [-0.3, -0.25) is 0 Å². The van der Waals surface area contributed by atoms with Crippen LogP contribution in [-0.4, -0.2) is 48.2 Å². The number of carbonyl (C=O) groups excluding carboxylic acids is 1. The third kappa shape index (κ3) is 8.56. The van der Waals surface area contributed by atoms with Gasteiger partial charge in [0.25, 0.3) is 0 Å². The van der Waals surface area contributed by atoms with Crippen LogP contribution >= 0.6 is 11.8 Å². The number of thioether (sulfide) groups is 1. The molecule has 5 rings (SSSR count). The first-order chi connectivity index (χ1) is 21.2. The normalized spacial score (nSPS) is 21.5. The van der Waals surface area contributed by atoms with Crippen LogP contribution < -0.4 is 0 Å². The Bertz CT molecular complexity index is 1370. The largest absolute Gasteiger partial charge is 0.452 e. The fourth-order valence-electron chi connectivity index (χ4n) is 5.11. The van der Waals surface area contributed by atoms with E-state index in [2.05, 4.69) is 6.92 Å². The standard InChI is InChI=1S/C36H38O6S/c1-2-43-36(27-39-24-29-17-9-4-10-18-29)34(41-35(37)31-21-13-6-14-22-31)33(40-25-30-19-11-5-12-20-30)32(42-36)26-38-23-28-15-7-3-8-16-28/h3-22,32-34H,2,23-27H2,1H3/t32-,33-,34+,36+/m1/s1. The molecule has 0 aliphatic carbocycles. The van der Waals surface area contributed by atoms with Gasteiger partial charge in [-0.15, -0.1) is 11.8 Å². The molecule has 0 N–H and O–H groups in total. The van der Waals surface area contributed by atoms with E-state index >= 15 is 0 Å². The highest BCUT2D eigenvalue weighted by atomic mass is 32.2. The van der Waals surface area contributed by atoms with Crippen molar-refractivity contribution in [3.63, 3.8) is 0 Å². The van der Waals surface area contributed by atoms with Crippen molar-refractivity contribution in [2.24, 2.45) is 0 Å². The number of carbonyl (C=O) groups is 1. The van der Waals surface area contributed by atoms with E-state index in [1.165, 1.54) is 0 Å². The van der Waals surface area contributed by atoms with E-state index in [4.69, 9.17) is 23.7 Å². The number of esters is 1. The second-order valence-electron chi connectivity index (χ2n) is 10.3. The Hall–Kier alpha value is -3.46. The van der Waals surface area contributed by atoms with E-state index in [0.717, 1.165) is 22.4 Å². The molecule has 1 aliphatic rings. The molecule has 0 amide bonds. The third-order valence-electron chi connectivity index (χ3n) is 7.18. The summed E-state index contributed by atoms with van der Waals surface area (Å²) in [5.41, 5.74) is 3.60. The molecule has 0 aromatic heterocycles. The molecule has 1 aliphatic heterocycles. The highest BCUT2D eigenvalue weighted by molar-refractivity contribution is 8.00. The average molecular weight is 599 g/mol. The number of benzene rings is 4. The summed E-state index contributed by atoms with van der Waals surface area (Å²) in [5.74, 6) is 0.286. The van der Waals surface area contributed by atoms with E-state index in [-0.39, 0.29) is 13.2 Å². The average Bonchev–Trinajstić information content (AvgIpc) is 3.33. The van der Waals surface area contributed by atoms with Crippen molar-refractivity contribution in [3.05, 3.63) is 144 Å². The van der Waals surface area contributed by atoms with Gasteiger partial charge in [-0.1, -0.05) is 116 Å². The van der Waals surface area contributed by atoms with Crippen LogP contribution in [0, 0.1) is 0 Å². The van der Waals surface area contributed by atoms with Crippen LogP contribution in [0.2, 0.25) is 0 Å². The van der Waals surface area contributed by atoms with Gasteiger partial charge in [-0.05, 0) is 34.6 Å². The number of hydrogen-bond acceptors (Lipinski definition) is 7. The van der Waals surface area contributed by atoms with Gasteiger partial charge in [0.2, 0.25) is 0 Å². The Morgan fingerprint density at radius 2 is 1.23 bits per heavy atom. The molecule has 4 aromatic carbocycles. The zero-order valence-corrected chi connectivity index (χ0v) is 25.2. The molecule has 1 saturated heterocycles. The van der Waals surface area contributed by atoms with E-state index in [9.17, 15) is 4.79 Å². The molecule has 0 saturated carbocycles. The monoisotopic (exact) mass is 598 g/mol. The van der Waals surface area contributed by atoms with Crippen LogP contribution in [0.15, 0.2) is 121 Å². The number of ether oxygens (including phenoxy) is 5. The van der Waals surface area contributed by atoms with Crippen molar-refractivity contribution < 1.29 is 28.5 Å². The van der Waals surface area contributed by atoms with Gasteiger partial charge in [0.1, 0.15) is 12.2 Å². The van der Waals surface area contributed by atoms with Crippen LogP contribution in [-0.2, 0) is 43.5 Å². The lowest BCUT2D eigenvalue weighted by atomic mass is 10.1. The van der Waals surface area contributed by atoms with Crippen LogP contribution in [0.4, 0.5) is 0 Å². The molecule has 7 heteroatoms. The SMILES string of the molecule is CCS[C@]1(COCc2ccccc2)O[C@H](COCc2ccccc2)[C@@H](OCc2ccccc2)[C@@H]1OC(=O)c1ccccc1. The predicted octanol–water partition coefficient (Wildman–Crippen LogP) is 7.08. The first-order valence-corrected chi connectivity index (χ1v) is 15.6. The minimum absolute atomic E-state index is 0.202. The summed E-state index contributed by atoms with van der Waals surface area (Å²) in [7, 11) is 0. The van der Waals surface area contributed by atoms with Gasteiger partial charge < -0.3 is 23.7 Å². The number of hydrogen-bond donors (Lipinski definition) is 0. The Kier molecular flexibility index (Phi) is 11.4. The fourth-order valence-corrected chi connectivity index (χ4v) is 6.30. The fraction of sp³-hybridized carbons (Fsp3) is 0.306. The van der Waals surface area contributed by atoms with Gasteiger partial charge in [0, 0.05) is 0 Å². The molecular weight excluding hydrogens is 560 g/mol. The summed E-state index contributed by atoms with van der Waals surface area (Å²) in [6.07, 6.45) is -1.85. The van der Waals surface area contributed by atoms with Crippen molar-refractivity contribution in [1.29, 1.82) is 0 Å². The van der Waals surface area contributed by atoms with E-state index < -0.39 is 29.2 Å². The maximum absolute atomic E-state index is 13.5. The summed E-state index contributed by atoms with van der Waals surface area (Å²) >= 11 is 1.57. The molecule has 43 heavy (non-hydrogen) atoms. The smallest absolute Gasteiger partial charge is 0.338 e. The van der Waals surface area contributed by atoms with Crippen molar-refractivity contribution in [1.82, 2.24) is 0 Å². The second-order valence-corrected chi connectivity index (χ2v) is 11.9. The molecule has 4 atom stereocenters. The molecule has 224 valence electrons. The zero-order chi connectivity index (χ0) is 29.7. The van der Waals surface area contributed by atoms with Gasteiger partial charge in [-0.2, -0.15) is 0 Å². The molecule has 1 fully saturated rings.